The van der Waals surface area contributed by atoms with Crippen LogP contribution in [0.5, 0.6) is 0 Å². The number of unbranched alkanes of at least 4 members (excludes halogenated alkanes) is 11. The van der Waals surface area contributed by atoms with Crippen molar-refractivity contribution in [3.63, 3.8) is 0 Å². The lowest BCUT2D eigenvalue weighted by Gasteiger charge is -2.11. The Morgan fingerprint density at radius 3 is 1.42 bits per heavy atom. The fraction of sp³-hybridized carbons (Fsp3) is 1.00. The minimum Gasteiger partial charge on any atom is -0.393 e. The zero-order chi connectivity index (χ0) is 19.7. The van der Waals surface area contributed by atoms with E-state index >= 15 is 0 Å². The van der Waals surface area contributed by atoms with Crippen LogP contribution in [-0.4, -0.2) is 29.4 Å². The van der Waals surface area contributed by atoms with E-state index in [1.165, 1.54) is 51.4 Å². The van der Waals surface area contributed by atoms with Gasteiger partial charge in [0, 0.05) is 0 Å². The third-order valence-electron chi connectivity index (χ3n) is 5.33. The summed E-state index contributed by atoms with van der Waals surface area (Å²) in [7, 11) is -3.86. The number of hydrogen-bond donors (Lipinski definition) is 2. The zero-order valence-corrected chi connectivity index (χ0v) is 18.1. The van der Waals surface area contributed by atoms with Crippen LogP contribution in [0.2, 0.25) is 0 Å². The van der Waals surface area contributed by atoms with Crippen molar-refractivity contribution in [1.29, 1.82) is 0 Å². The summed E-state index contributed by atoms with van der Waals surface area (Å²) in [6.07, 6.45) is 18.2. The molecule has 0 rings (SSSR count). The molecule has 0 fully saturated rings. The van der Waals surface area contributed by atoms with Crippen molar-refractivity contribution >= 4 is 10.1 Å². The molecule has 158 valence electrons. The number of aliphatic hydroxyl groups is 1. The van der Waals surface area contributed by atoms with Gasteiger partial charge in [0.2, 0.25) is 0 Å². The van der Waals surface area contributed by atoms with Gasteiger partial charge in [-0.25, -0.2) is 0 Å². The van der Waals surface area contributed by atoms with Gasteiger partial charge in [-0.3, -0.25) is 4.55 Å². The maximum atomic E-state index is 11.1. The number of aliphatic hydroxyl groups excluding tert-OH is 1. The van der Waals surface area contributed by atoms with E-state index < -0.39 is 15.4 Å². The van der Waals surface area contributed by atoms with E-state index in [1.807, 2.05) is 0 Å². The lowest BCUT2D eigenvalue weighted by atomic mass is 10.0. The molecule has 0 aromatic heterocycles. The maximum Gasteiger partial charge on any atom is 0.267 e. The molecule has 0 saturated carbocycles. The molecular formula is C21H44O4S. The predicted molar refractivity (Wildman–Crippen MR) is 111 cm³/mol. The third-order valence-corrected chi connectivity index (χ3v) is 6.74. The first-order valence-electron chi connectivity index (χ1n) is 11.1. The minimum atomic E-state index is -3.86. The van der Waals surface area contributed by atoms with Gasteiger partial charge < -0.3 is 5.11 Å². The first-order valence-corrected chi connectivity index (χ1v) is 12.6. The van der Waals surface area contributed by atoms with Crippen LogP contribution in [0.4, 0.5) is 0 Å². The van der Waals surface area contributed by atoms with Gasteiger partial charge in [-0.15, -0.1) is 0 Å². The highest BCUT2D eigenvalue weighted by atomic mass is 32.2. The molecule has 0 bridgehead atoms. The normalized spacial score (nSPS) is 14.5. The second-order valence-corrected chi connectivity index (χ2v) is 9.50. The lowest BCUT2D eigenvalue weighted by molar-refractivity contribution is 0.147. The van der Waals surface area contributed by atoms with E-state index in [9.17, 15) is 13.5 Å². The smallest absolute Gasteiger partial charge is 0.267 e. The highest BCUT2D eigenvalue weighted by Crippen LogP contribution is 2.17. The molecule has 0 saturated heterocycles. The SMILES string of the molecule is CCCCCCCCC(O)CCCCCCCCCC(CC)S(=O)(=O)O. The first kappa shape index (κ1) is 25.9. The van der Waals surface area contributed by atoms with Gasteiger partial charge in [-0.05, 0) is 25.7 Å². The Hall–Kier alpha value is -0.130. The molecule has 0 aliphatic carbocycles. The van der Waals surface area contributed by atoms with Crippen LogP contribution in [-0.2, 0) is 10.1 Å². The molecule has 0 spiro atoms. The average molecular weight is 393 g/mol. The van der Waals surface area contributed by atoms with Crippen molar-refractivity contribution in [1.82, 2.24) is 0 Å². The minimum absolute atomic E-state index is 0.118. The Labute approximate surface area is 162 Å². The summed E-state index contributed by atoms with van der Waals surface area (Å²) < 4.78 is 31.3. The molecule has 26 heavy (non-hydrogen) atoms. The largest absolute Gasteiger partial charge is 0.393 e. The van der Waals surface area contributed by atoms with Crippen molar-refractivity contribution in [2.24, 2.45) is 0 Å². The lowest BCUT2D eigenvalue weighted by Crippen LogP contribution is -2.19. The molecular weight excluding hydrogens is 348 g/mol. The molecule has 2 N–H and O–H groups in total. The summed E-state index contributed by atoms with van der Waals surface area (Å²) in [6.45, 7) is 4.04. The van der Waals surface area contributed by atoms with Gasteiger partial charge in [0.25, 0.3) is 10.1 Å². The molecule has 0 aromatic rings. The Morgan fingerprint density at radius 2 is 1.04 bits per heavy atom. The van der Waals surface area contributed by atoms with E-state index in [-0.39, 0.29) is 6.10 Å². The van der Waals surface area contributed by atoms with Gasteiger partial charge >= 0.3 is 0 Å². The molecule has 0 aliphatic rings. The summed E-state index contributed by atoms with van der Waals surface area (Å²) in [6, 6.07) is 0. The Bertz CT molecular complexity index is 395. The van der Waals surface area contributed by atoms with E-state index in [0.29, 0.717) is 12.8 Å². The second kappa shape index (κ2) is 17.0. The van der Waals surface area contributed by atoms with Crippen LogP contribution in [0, 0.1) is 0 Å². The Morgan fingerprint density at radius 1 is 0.654 bits per heavy atom. The van der Waals surface area contributed by atoms with Crippen LogP contribution in [0.15, 0.2) is 0 Å². The van der Waals surface area contributed by atoms with Gasteiger partial charge in [0.1, 0.15) is 0 Å². The van der Waals surface area contributed by atoms with Crippen molar-refractivity contribution in [3.05, 3.63) is 0 Å². The van der Waals surface area contributed by atoms with Crippen molar-refractivity contribution < 1.29 is 18.1 Å². The number of rotatable bonds is 19. The predicted octanol–water partition coefficient (Wildman–Crippen LogP) is 6.28. The molecule has 2 unspecified atom stereocenters. The van der Waals surface area contributed by atoms with E-state index in [0.717, 1.165) is 44.9 Å². The summed E-state index contributed by atoms with van der Waals surface area (Å²) in [4.78, 5) is 0. The first-order chi connectivity index (χ1) is 12.4. The fourth-order valence-electron chi connectivity index (χ4n) is 3.50. The Kier molecular flexibility index (Phi) is 16.9. The van der Waals surface area contributed by atoms with Crippen molar-refractivity contribution in [2.45, 2.75) is 134 Å². The zero-order valence-electron chi connectivity index (χ0n) is 17.3. The second-order valence-electron chi connectivity index (χ2n) is 7.81. The molecule has 0 amide bonds. The molecule has 0 heterocycles. The van der Waals surface area contributed by atoms with Gasteiger partial charge in [-0.1, -0.05) is 97.3 Å². The van der Waals surface area contributed by atoms with E-state index in [4.69, 9.17) is 4.55 Å². The van der Waals surface area contributed by atoms with E-state index in [2.05, 4.69) is 6.92 Å². The summed E-state index contributed by atoms with van der Waals surface area (Å²) in [5.41, 5.74) is 0. The van der Waals surface area contributed by atoms with Gasteiger partial charge in [0.05, 0.1) is 11.4 Å². The Balaban J connectivity index is 3.37. The maximum absolute atomic E-state index is 11.1. The number of hydrogen-bond acceptors (Lipinski definition) is 3. The third kappa shape index (κ3) is 16.1. The van der Waals surface area contributed by atoms with Crippen LogP contribution < -0.4 is 0 Å². The molecule has 0 aliphatic heterocycles. The van der Waals surface area contributed by atoms with Crippen LogP contribution in [0.3, 0.4) is 0 Å². The molecule has 2 atom stereocenters. The quantitative estimate of drug-likeness (QED) is 0.200. The summed E-state index contributed by atoms with van der Waals surface area (Å²) in [5.74, 6) is 0. The topological polar surface area (TPSA) is 74.6 Å². The monoisotopic (exact) mass is 392 g/mol. The van der Waals surface area contributed by atoms with Crippen LogP contribution in [0.25, 0.3) is 0 Å². The molecule has 4 nitrogen and oxygen atoms in total. The van der Waals surface area contributed by atoms with Gasteiger partial charge in [0.15, 0.2) is 0 Å². The average Bonchev–Trinajstić information content (AvgIpc) is 2.58. The molecule has 5 heteroatoms. The van der Waals surface area contributed by atoms with Crippen molar-refractivity contribution in [2.75, 3.05) is 0 Å². The van der Waals surface area contributed by atoms with Crippen molar-refractivity contribution in [3.8, 4) is 0 Å². The van der Waals surface area contributed by atoms with E-state index in [1.54, 1.807) is 6.92 Å². The van der Waals surface area contributed by atoms with Crippen LogP contribution in [0.1, 0.15) is 123 Å². The highest BCUT2D eigenvalue weighted by molar-refractivity contribution is 7.86. The summed E-state index contributed by atoms with van der Waals surface area (Å²) in [5, 5.41) is 9.41. The fourth-order valence-corrected chi connectivity index (χ4v) is 4.39. The summed E-state index contributed by atoms with van der Waals surface area (Å²) >= 11 is 0. The van der Waals surface area contributed by atoms with Gasteiger partial charge in [-0.2, -0.15) is 8.42 Å². The van der Waals surface area contributed by atoms with Crippen LogP contribution >= 0.6 is 0 Å². The highest BCUT2D eigenvalue weighted by Gasteiger charge is 2.19. The standard InChI is InChI=1S/C21H44O4S/c1-3-5-6-7-11-14-17-20(22)18-15-12-9-8-10-13-16-19-21(4-2)26(23,24)25/h20-22H,3-19H2,1-2H3,(H,23,24,25). The molecule has 0 aromatic carbocycles. The molecule has 0 radical (unpaired) electrons.